The fourth-order valence-corrected chi connectivity index (χ4v) is 4.26. The number of aromatic nitrogens is 3. The quantitative estimate of drug-likeness (QED) is 0.623. The Hall–Kier alpha value is -2.93. The molecule has 29 heavy (non-hydrogen) atoms. The molecule has 1 aliphatic heterocycles. The number of halogens is 1. The molecule has 5 rings (SSSR count). The Morgan fingerprint density at radius 1 is 1.17 bits per heavy atom. The molecule has 2 heterocycles. The molecule has 1 aromatic heterocycles. The van der Waals surface area contributed by atoms with Gasteiger partial charge in [-0.2, -0.15) is 4.98 Å². The van der Waals surface area contributed by atoms with E-state index in [-0.39, 0.29) is 11.8 Å². The number of rotatable bonds is 3. The smallest absolute Gasteiger partial charge is 0.226 e. The number of carbonyl (C=O) groups excluding carboxylic acids is 1. The Bertz CT molecular complexity index is 1130. The van der Waals surface area contributed by atoms with Crippen LogP contribution in [-0.2, 0) is 4.79 Å². The van der Waals surface area contributed by atoms with Gasteiger partial charge in [-0.05, 0) is 42.7 Å². The summed E-state index contributed by atoms with van der Waals surface area (Å²) in [4.78, 5) is 17.6. The van der Waals surface area contributed by atoms with E-state index in [9.17, 15) is 4.79 Å². The summed E-state index contributed by atoms with van der Waals surface area (Å²) in [6, 6.07) is 15.4. The summed E-state index contributed by atoms with van der Waals surface area (Å²) in [6.45, 7) is 0. The van der Waals surface area contributed by atoms with Gasteiger partial charge in [-0.25, -0.2) is 4.68 Å². The highest BCUT2D eigenvalue weighted by molar-refractivity contribution is 9.10. The number of benzene rings is 2. The van der Waals surface area contributed by atoms with E-state index >= 15 is 0 Å². The van der Waals surface area contributed by atoms with E-state index in [2.05, 4.69) is 21.2 Å². The summed E-state index contributed by atoms with van der Waals surface area (Å²) in [5.74, 6) is 2.18. The molecule has 0 spiro atoms. The van der Waals surface area contributed by atoms with Crippen molar-refractivity contribution in [2.24, 2.45) is 0 Å². The van der Waals surface area contributed by atoms with Gasteiger partial charge in [0.2, 0.25) is 5.95 Å². The lowest BCUT2D eigenvalue weighted by Gasteiger charge is -2.32. The van der Waals surface area contributed by atoms with Crippen LogP contribution >= 0.6 is 15.9 Å². The first-order chi connectivity index (χ1) is 14.1. The lowest BCUT2D eigenvalue weighted by molar-refractivity contribution is -0.116. The van der Waals surface area contributed by atoms with Crippen LogP contribution in [0.15, 0.2) is 64.3 Å². The number of carbonyl (C=O) groups is 1. The van der Waals surface area contributed by atoms with Crippen molar-refractivity contribution in [3.8, 4) is 17.1 Å². The normalized spacial score (nSPS) is 18.1. The second-order valence-electron chi connectivity index (χ2n) is 7.18. The number of methoxy groups -OCH3 is 1. The van der Waals surface area contributed by atoms with Crippen molar-refractivity contribution in [1.29, 1.82) is 0 Å². The van der Waals surface area contributed by atoms with Crippen LogP contribution in [0.25, 0.3) is 11.4 Å². The lowest BCUT2D eigenvalue weighted by atomic mass is 9.85. The van der Waals surface area contributed by atoms with E-state index < -0.39 is 0 Å². The average Bonchev–Trinajstić information content (AvgIpc) is 3.17. The summed E-state index contributed by atoms with van der Waals surface area (Å²) >= 11 is 3.49. The third kappa shape index (κ3) is 3.15. The zero-order valence-corrected chi connectivity index (χ0v) is 17.4. The number of hydrogen-bond acceptors (Lipinski definition) is 5. The molecule has 0 amide bonds. The van der Waals surface area contributed by atoms with Crippen LogP contribution in [0.5, 0.6) is 5.75 Å². The Balaban J connectivity index is 1.66. The second kappa shape index (κ2) is 7.15. The van der Waals surface area contributed by atoms with E-state index in [0.29, 0.717) is 18.2 Å². The van der Waals surface area contributed by atoms with Crippen LogP contribution in [0.1, 0.15) is 30.9 Å². The van der Waals surface area contributed by atoms with E-state index in [1.165, 1.54) is 0 Å². The number of Topliss-reactive ketones (excluding diaryl/α,β-unsaturated/α-hetero) is 1. The van der Waals surface area contributed by atoms with Crippen LogP contribution in [0, 0.1) is 0 Å². The number of ketones is 1. The lowest BCUT2D eigenvalue weighted by Crippen LogP contribution is -2.31. The van der Waals surface area contributed by atoms with Crippen LogP contribution in [0.3, 0.4) is 0 Å². The van der Waals surface area contributed by atoms with Crippen LogP contribution < -0.4 is 10.1 Å². The molecule has 2 aliphatic rings. The maximum Gasteiger partial charge on any atom is 0.226 e. The Morgan fingerprint density at radius 2 is 2.00 bits per heavy atom. The van der Waals surface area contributed by atoms with Crippen molar-refractivity contribution >= 4 is 27.7 Å². The molecular weight excluding hydrogens is 432 g/mol. The van der Waals surface area contributed by atoms with Gasteiger partial charge in [0.15, 0.2) is 11.6 Å². The molecule has 6 nitrogen and oxygen atoms in total. The van der Waals surface area contributed by atoms with Gasteiger partial charge >= 0.3 is 0 Å². The van der Waals surface area contributed by atoms with Crippen molar-refractivity contribution < 1.29 is 9.53 Å². The van der Waals surface area contributed by atoms with E-state index in [4.69, 9.17) is 14.8 Å². The van der Waals surface area contributed by atoms with Crippen molar-refractivity contribution in [2.75, 3.05) is 12.4 Å². The molecule has 1 atom stereocenters. The minimum Gasteiger partial charge on any atom is -0.497 e. The van der Waals surface area contributed by atoms with E-state index in [1.54, 1.807) is 7.11 Å². The molecule has 0 bridgehead atoms. The maximum atomic E-state index is 12.9. The minimum absolute atomic E-state index is 0.177. The molecule has 3 aromatic rings. The SMILES string of the molecule is COc1cccc(-c2nc3n(n2)C(c2ccc(Br)cc2)C2=C(CCCC2=O)N3)c1. The van der Waals surface area contributed by atoms with Gasteiger partial charge < -0.3 is 10.1 Å². The molecule has 1 unspecified atom stereocenters. The monoisotopic (exact) mass is 450 g/mol. The van der Waals surface area contributed by atoms with Gasteiger partial charge in [-0.15, -0.1) is 5.10 Å². The van der Waals surface area contributed by atoms with Crippen LogP contribution in [0.2, 0.25) is 0 Å². The Labute approximate surface area is 176 Å². The number of nitrogens with one attached hydrogen (secondary N) is 1. The van der Waals surface area contributed by atoms with Crippen LogP contribution in [0.4, 0.5) is 5.95 Å². The summed E-state index contributed by atoms with van der Waals surface area (Å²) in [5.41, 5.74) is 3.65. The van der Waals surface area contributed by atoms with Crippen molar-refractivity contribution in [2.45, 2.75) is 25.3 Å². The predicted molar refractivity (Wildman–Crippen MR) is 114 cm³/mol. The van der Waals surface area contributed by atoms with Crippen molar-refractivity contribution in [3.05, 3.63) is 69.8 Å². The van der Waals surface area contributed by atoms with Gasteiger partial charge in [0, 0.05) is 27.7 Å². The standard InChI is InChI=1S/C22H19BrN4O2/c1-29-16-5-2-4-14(12-16)21-25-22-24-17-6-3-7-18(28)19(17)20(27(22)26-21)13-8-10-15(23)11-9-13/h2,4-5,8-12,20H,3,6-7H2,1H3,(H,24,25,26). The third-order valence-electron chi connectivity index (χ3n) is 5.38. The number of ether oxygens (including phenoxy) is 1. The molecule has 7 heteroatoms. The van der Waals surface area contributed by atoms with Gasteiger partial charge in [-0.3, -0.25) is 4.79 Å². The predicted octanol–water partition coefficient (Wildman–Crippen LogP) is 4.74. The average molecular weight is 451 g/mol. The van der Waals surface area contributed by atoms with Crippen molar-refractivity contribution in [3.63, 3.8) is 0 Å². The molecule has 1 N–H and O–H groups in total. The molecule has 2 aromatic carbocycles. The fourth-order valence-electron chi connectivity index (χ4n) is 3.99. The summed E-state index contributed by atoms with van der Waals surface area (Å²) in [7, 11) is 1.64. The van der Waals surface area contributed by atoms with Gasteiger partial charge in [0.25, 0.3) is 0 Å². The molecule has 0 radical (unpaired) electrons. The number of allylic oxidation sites excluding steroid dienone is 2. The van der Waals surface area contributed by atoms with E-state index in [0.717, 1.165) is 45.5 Å². The third-order valence-corrected chi connectivity index (χ3v) is 5.91. The molecule has 0 saturated carbocycles. The zero-order valence-electron chi connectivity index (χ0n) is 15.9. The Kier molecular flexibility index (Phi) is 4.47. The number of fused-ring (bicyclic) bond motifs is 1. The molecular formula is C22H19BrN4O2. The first-order valence-corrected chi connectivity index (χ1v) is 10.3. The molecule has 1 aliphatic carbocycles. The number of anilines is 1. The molecule has 0 fully saturated rings. The summed E-state index contributed by atoms with van der Waals surface area (Å²) in [5, 5.41) is 8.16. The van der Waals surface area contributed by atoms with E-state index in [1.807, 2.05) is 53.2 Å². The highest BCUT2D eigenvalue weighted by atomic mass is 79.9. The Morgan fingerprint density at radius 3 is 2.79 bits per heavy atom. The summed E-state index contributed by atoms with van der Waals surface area (Å²) < 4.78 is 8.16. The second-order valence-corrected chi connectivity index (χ2v) is 8.10. The summed E-state index contributed by atoms with van der Waals surface area (Å²) in [6.07, 6.45) is 2.27. The topological polar surface area (TPSA) is 69.0 Å². The first-order valence-electron chi connectivity index (χ1n) is 9.54. The van der Waals surface area contributed by atoms with Crippen LogP contribution in [-0.4, -0.2) is 27.7 Å². The minimum atomic E-state index is -0.283. The molecule has 146 valence electrons. The highest BCUT2D eigenvalue weighted by Gasteiger charge is 2.36. The largest absolute Gasteiger partial charge is 0.497 e. The first kappa shape index (κ1) is 18.1. The van der Waals surface area contributed by atoms with Crippen molar-refractivity contribution in [1.82, 2.24) is 14.8 Å². The fraction of sp³-hybridized carbons (Fsp3) is 0.227. The highest BCUT2D eigenvalue weighted by Crippen LogP contribution is 2.40. The number of hydrogen-bond donors (Lipinski definition) is 1. The maximum absolute atomic E-state index is 12.9. The molecule has 0 saturated heterocycles. The number of nitrogens with zero attached hydrogens (tertiary/aromatic N) is 3. The van der Waals surface area contributed by atoms with Gasteiger partial charge in [0.1, 0.15) is 11.8 Å². The van der Waals surface area contributed by atoms with Gasteiger partial charge in [-0.1, -0.05) is 40.2 Å². The zero-order chi connectivity index (χ0) is 20.0. The van der Waals surface area contributed by atoms with Gasteiger partial charge in [0.05, 0.1) is 7.11 Å².